The highest BCUT2D eigenvalue weighted by Gasteiger charge is 2.13. The Hall–Kier alpha value is -0.610. The summed E-state index contributed by atoms with van der Waals surface area (Å²) in [7, 11) is 0. The summed E-state index contributed by atoms with van der Waals surface area (Å²) < 4.78 is 5.57. The minimum Gasteiger partial charge on any atom is -0.389 e. The van der Waals surface area contributed by atoms with Crippen molar-refractivity contribution in [3.05, 3.63) is 34.9 Å². The molecule has 2 rings (SSSR count). The van der Waals surface area contributed by atoms with Gasteiger partial charge in [-0.1, -0.05) is 36.6 Å². The number of likely N-dealkylation sites (tertiary alicyclic amines) is 1. The summed E-state index contributed by atoms with van der Waals surface area (Å²) in [6.45, 7) is 3.84. The molecule has 0 unspecified atom stereocenters. The summed E-state index contributed by atoms with van der Waals surface area (Å²) in [6.07, 6.45) is 4.73. The van der Waals surface area contributed by atoms with Crippen LogP contribution in [0, 0.1) is 0 Å². The lowest BCUT2D eigenvalue weighted by Crippen LogP contribution is -2.35. The number of halogens is 1. The van der Waals surface area contributed by atoms with Gasteiger partial charge >= 0.3 is 0 Å². The van der Waals surface area contributed by atoms with E-state index < -0.39 is 6.10 Å². The van der Waals surface area contributed by atoms with E-state index in [4.69, 9.17) is 16.3 Å². The fourth-order valence-corrected chi connectivity index (χ4v) is 2.69. The van der Waals surface area contributed by atoms with Gasteiger partial charge in [-0.25, -0.2) is 0 Å². The molecule has 1 aromatic carbocycles. The third-order valence-corrected chi connectivity index (χ3v) is 3.91. The molecule has 112 valence electrons. The van der Waals surface area contributed by atoms with E-state index in [9.17, 15) is 5.11 Å². The number of ether oxygens (including phenoxy) is 1. The highest BCUT2D eigenvalue weighted by Crippen LogP contribution is 2.11. The lowest BCUT2D eigenvalue weighted by atomic mass is 10.2. The average molecular weight is 298 g/mol. The molecule has 1 heterocycles. The summed E-state index contributed by atoms with van der Waals surface area (Å²) in [4.78, 5) is 2.35. The van der Waals surface area contributed by atoms with Gasteiger partial charge in [0.25, 0.3) is 0 Å². The van der Waals surface area contributed by atoms with Crippen LogP contribution < -0.4 is 0 Å². The zero-order chi connectivity index (χ0) is 14.2. The molecule has 1 aliphatic heterocycles. The molecule has 0 aliphatic carbocycles. The number of rotatable bonds is 6. The Balaban J connectivity index is 1.64. The van der Waals surface area contributed by atoms with E-state index in [-0.39, 0.29) is 0 Å². The van der Waals surface area contributed by atoms with E-state index in [1.54, 1.807) is 0 Å². The minimum absolute atomic E-state index is 0.388. The van der Waals surface area contributed by atoms with Gasteiger partial charge in [0, 0.05) is 11.6 Å². The zero-order valence-electron chi connectivity index (χ0n) is 11.9. The molecule has 1 saturated heterocycles. The maximum absolute atomic E-state index is 10.0. The highest BCUT2D eigenvalue weighted by atomic mass is 35.5. The lowest BCUT2D eigenvalue weighted by Gasteiger charge is -2.23. The number of hydrogen-bond acceptors (Lipinski definition) is 3. The standard InChI is InChI=1S/C16H24ClNO2/c17-15-7-5-14(6-8-15)12-20-13-16(19)11-18-9-3-1-2-4-10-18/h5-8,16,19H,1-4,9-13H2/t16-/m1/s1. The van der Waals surface area contributed by atoms with Gasteiger partial charge in [-0.05, 0) is 43.6 Å². The van der Waals surface area contributed by atoms with Crippen molar-refractivity contribution in [1.82, 2.24) is 4.90 Å². The summed E-state index contributed by atoms with van der Waals surface area (Å²) >= 11 is 5.83. The Labute approximate surface area is 126 Å². The molecule has 0 amide bonds. The van der Waals surface area contributed by atoms with Crippen molar-refractivity contribution < 1.29 is 9.84 Å². The Kier molecular flexibility index (Phi) is 6.80. The second-order valence-corrected chi connectivity index (χ2v) is 5.95. The normalized spacial score (nSPS) is 18.7. The summed E-state index contributed by atoms with van der Waals surface area (Å²) in [5.41, 5.74) is 1.08. The molecule has 0 spiro atoms. The van der Waals surface area contributed by atoms with Crippen LogP contribution in [-0.4, -0.2) is 42.4 Å². The fourth-order valence-electron chi connectivity index (χ4n) is 2.56. The fraction of sp³-hybridized carbons (Fsp3) is 0.625. The van der Waals surface area contributed by atoms with Gasteiger partial charge in [-0.3, -0.25) is 0 Å². The quantitative estimate of drug-likeness (QED) is 0.876. The van der Waals surface area contributed by atoms with Crippen LogP contribution >= 0.6 is 11.6 Å². The lowest BCUT2D eigenvalue weighted by molar-refractivity contribution is 0.0104. The van der Waals surface area contributed by atoms with Crippen LogP contribution in [0.3, 0.4) is 0 Å². The van der Waals surface area contributed by atoms with Crippen LogP contribution in [0.5, 0.6) is 0 Å². The predicted molar refractivity (Wildman–Crippen MR) is 82.0 cm³/mol. The minimum atomic E-state index is -0.402. The SMILES string of the molecule is O[C@@H](COCc1ccc(Cl)cc1)CN1CCCCCC1. The largest absolute Gasteiger partial charge is 0.389 e. The Morgan fingerprint density at radius 2 is 1.75 bits per heavy atom. The molecular weight excluding hydrogens is 274 g/mol. The van der Waals surface area contributed by atoms with E-state index in [0.717, 1.165) is 30.2 Å². The molecule has 1 N–H and O–H groups in total. The summed E-state index contributed by atoms with van der Waals surface area (Å²) in [5, 5.41) is 10.8. The third kappa shape index (κ3) is 5.80. The maximum Gasteiger partial charge on any atom is 0.0900 e. The third-order valence-electron chi connectivity index (χ3n) is 3.66. The second-order valence-electron chi connectivity index (χ2n) is 5.51. The van der Waals surface area contributed by atoms with Gasteiger partial charge in [0.15, 0.2) is 0 Å². The smallest absolute Gasteiger partial charge is 0.0900 e. The van der Waals surface area contributed by atoms with Crippen LogP contribution in [0.2, 0.25) is 5.02 Å². The molecule has 1 fully saturated rings. The predicted octanol–water partition coefficient (Wildman–Crippen LogP) is 3.09. The topological polar surface area (TPSA) is 32.7 Å². The maximum atomic E-state index is 10.0. The van der Waals surface area contributed by atoms with E-state index >= 15 is 0 Å². The molecule has 0 saturated carbocycles. The van der Waals surface area contributed by atoms with Crippen molar-refractivity contribution in [2.75, 3.05) is 26.2 Å². The molecule has 0 radical (unpaired) electrons. The Morgan fingerprint density at radius 1 is 1.10 bits per heavy atom. The number of β-amino-alcohol motifs (C(OH)–C–C–N with tert-alkyl or cyclic N) is 1. The van der Waals surface area contributed by atoms with Crippen LogP contribution in [0.4, 0.5) is 0 Å². The van der Waals surface area contributed by atoms with Gasteiger partial charge in [0.05, 0.1) is 19.3 Å². The average Bonchev–Trinajstić information content (AvgIpc) is 2.70. The van der Waals surface area contributed by atoms with Crippen molar-refractivity contribution in [2.24, 2.45) is 0 Å². The van der Waals surface area contributed by atoms with Crippen molar-refractivity contribution in [3.8, 4) is 0 Å². The van der Waals surface area contributed by atoms with Crippen molar-refractivity contribution in [2.45, 2.75) is 38.4 Å². The van der Waals surface area contributed by atoms with Crippen LogP contribution in [0.15, 0.2) is 24.3 Å². The molecule has 3 nitrogen and oxygen atoms in total. The van der Waals surface area contributed by atoms with Gasteiger partial charge in [0.1, 0.15) is 0 Å². The molecule has 1 aliphatic rings. The second kappa shape index (κ2) is 8.63. The van der Waals surface area contributed by atoms with E-state index in [2.05, 4.69) is 4.90 Å². The van der Waals surface area contributed by atoms with Crippen LogP contribution in [-0.2, 0) is 11.3 Å². The van der Waals surface area contributed by atoms with Gasteiger partial charge in [0.2, 0.25) is 0 Å². The Bertz CT molecular complexity index is 375. The summed E-state index contributed by atoms with van der Waals surface area (Å²) in [5.74, 6) is 0. The Morgan fingerprint density at radius 3 is 2.40 bits per heavy atom. The molecular formula is C16H24ClNO2. The van der Waals surface area contributed by atoms with Crippen LogP contribution in [0.1, 0.15) is 31.2 Å². The number of hydrogen-bond donors (Lipinski definition) is 1. The molecule has 1 atom stereocenters. The first-order chi connectivity index (χ1) is 9.74. The summed E-state index contributed by atoms with van der Waals surface area (Å²) in [6, 6.07) is 7.61. The van der Waals surface area contributed by atoms with Gasteiger partial charge in [-0.2, -0.15) is 0 Å². The highest BCUT2D eigenvalue weighted by molar-refractivity contribution is 6.30. The molecule has 0 aromatic heterocycles. The first-order valence-corrected chi connectivity index (χ1v) is 7.84. The molecule has 0 bridgehead atoms. The van der Waals surface area contributed by atoms with E-state index in [1.165, 1.54) is 25.7 Å². The monoisotopic (exact) mass is 297 g/mol. The number of aliphatic hydroxyl groups is 1. The molecule has 1 aromatic rings. The zero-order valence-corrected chi connectivity index (χ0v) is 12.7. The molecule has 20 heavy (non-hydrogen) atoms. The first-order valence-electron chi connectivity index (χ1n) is 7.46. The number of benzene rings is 1. The number of aliphatic hydroxyl groups excluding tert-OH is 1. The van der Waals surface area contributed by atoms with Crippen molar-refractivity contribution >= 4 is 11.6 Å². The van der Waals surface area contributed by atoms with Crippen molar-refractivity contribution in [3.63, 3.8) is 0 Å². The van der Waals surface area contributed by atoms with Gasteiger partial charge in [-0.15, -0.1) is 0 Å². The first kappa shape index (κ1) is 15.8. The van der Waals surface area contributed by atoms with E-state index in [0.29, 0.717) is 13.2 Å². The van der Waals surface area contributed by atoms with Crippen molar-refractivity contribution in [1.29, 1.82) is 0 Å². The van der Waals surface area contributed by atoms with Crippen LogP contribution in [0.25, 0.3) is 0 Å². The van der Waals surface area contributed by atoms with E-state index in [1.807, 2.05) is 24.3 Å². The number of nitrogens with zero attached hydrogens (tertiary/aromatic N) is 1. The van der Waals surface area contributed by atoms with Gasteiger partial charge < -0.3 is 14.7 Å². The molecule has 4 heteroatoms.